The van der Waals surface area contributed by atoms with Gasteiger partial charge in [-0.2, -0.15) is 0 Å². The molecule has 0 bridgehead atoms. The Kier molecular flexibility index (Phi) is 16.8. The van der Waals surface area contributed by atoms with Crippen LogP contribution in [-0.2, 0) is 0 Å². The van der Waals surface area contributed by atoms with E-state index in [-0.39, 0.29) is 0 Å². The van der Waals surface area contributed by atoms with Gasteiger partial charge in [0.25, 0.3) is 0 Å². The van der Waals surface area contributed by atoms with Crippen molar-refractivity contribution in [3.63, 3.8) is 0 Å². The SMILES string of the molecule is CN(c1ccc(-c2ccccc2)cc1)c1ccc2c(c1)c1ccccc1n2-c1cccc2ccccc12.CN(c1ccc2c(c1)c1ccccc1n2-c1ccc2ccccc2c1)c1cccc2ccccc12.CN(c1cccc(-c2ccccc2)c1)c1ccc2c(c1)c1ccccc1n2-c1cccc2ccccc12. The van der Waals surface area contributed by atoms with Crippen LogP contribution in [0.25, 0.3) is 148 Å². The molecule has 21 aromatic rings. The van der Waals surface area contributed by atoms with Crippen molar-refractivity contribution in [3.8, 4) is 39.3 Å². The maximum Gasteiger partial charge on any atom is 0.0542 e. The van der Waals surface area contributed by atoms with Crippen LogP contribution in [0.1, 0.15) is 0 Å². The summed E-state index contributed by atoms with van der Waals surface area (Å²) in [5.74, 6) is 0. The first-order valence-corrected chi connectivity index (χ1v) is 37.4. The zero-order valence-corrected chi connectivity index (χ0v) is 60.9. The molecule has 0 saturated heterocycles. The van der Waals surface area contributed by atoms with Gasteiger partial charge in [-0.25, -0.2) is 0 Å². The average molecular weight is 1400 g/mol. The van der Waals surface area contributed by atoms with Gasteiger partial charge in [-0.1, -0.05) is 279 Å². The minimum atomic E-state index is 1.16. The molecule has 0 saturated carbocycles. The number of nitrogens with zero attached hydrogens (tertiary/aromatic N) is 6. The first-order valence-electron chi connectivity index (χ1n) is 37.4. The monoisotopic (exact) mass is 1400 g/mol. The molecule has 0 aliphatic carbocycles. The maximum atomic E-state index is 2.41. The molecule has 518 valence electrons. The highest BCUT2D eigenvalue weighted by atomic mass is 15.1. The third-order valence-electron chi connectivity index (χ3n) is 22.0. The van der Waals surface area contributed by atoms with Crippen molar-refractivity contribution in [2.45, 2.75) is 0 Å². The van der Waals surface area contributed by atoms with Gasteiger partial charge in [-0.05, 0) is 177 Å². The van der Waals surface area contributed by atoms with Gasteiger partial charge in [0.1, 0.15) is 0 Å². The van der Waals surface area contributed by atoms with Crippen LogP contribution < -0.4 is 14.7 Å². The predicted molar refractivity (Wildman–Crippen MR) is 467 cm³/mol. The van der Waals surface area contributed by atoms with Crippen LogP contribution in [0.5, 0.6) is 0 Å². The van der Waals surface area contributed by atoms with E-state index in [1.807, 2.05) is 0 Å². The molecule has 21 rings (SSSR count). The summed E-state index contributed by atoms with van der Waals surface area (Å²) in [5, 5.41) is 17.6. The average Bonchev–Trinajstić information content (AvgIpc) is 1.61. The van der Waals surface area contributed by atoms with Gasteiger partial charge >= 0.3 is 0 Å². The number of para-hydroxylation sites is 3. The van der Waals surface area contributed by atoms with E-state index in [2.05, 4.69) is 456 Å². The molecule has 6 heteroatoms. The molecule has 0 N–H and O–H groups in total. The van der Waals surface area contributed by atoms with Crippen LogP contribution in [0, 0.1) is 0 Å². The fourth-order valence-electron chi connectivity index (χ4n) is 16.4. The van der Waals surface area contributed by atoms with Gasteiger partial charge in [0.05, 0.1) is 44.5 Å². The predicted octanol–water partition coefficient (Wildman–Crippen LogP) is 27.6. The Morgan fingerprint density at radius 3 is 1.05 bits per heavy atom. The summed E-state index contributed by atoms with van der Waals surface area (Å²) in [6, 6.07) is 146. The van der Waals surface area contributed by atoms with Crippen molar-refractivity contribution in [1.82, 2.24) is 13.7 Å². The molecule has 109 heavy (non-hydrogen) atoms. The first kappa shape index (κ1) is 65.6. The minimum Gasteiger partial charge on any atom is -0.345 e. The van der Waals surface area contributed by atoms with E-state index in [0.717, 1.165) is 5.69 Å². The second-order valence-corrected chi connectivity index (χ2v) is 28.2. The van der Waals surface area contributed by atoms with E-state index in [1.54, 1.807) is 0 Å². The van der Waals surface area contributed by atoms with Crippen molar-refractivity contribution >= 4 is 143 Å². The molecule has 0 fully saturated rings. The number of aromatic nitrogens is 3. The van der Waals surface area contributed by atoms with Gasteiger partial charge < -0.3 is 28.4 Å². The lowest BCUT2D eigenvalue weighted by Crippen LogP contribution is -2.09. The highest BCUT2D eigenvalue weighted by Gasteiger charge is 2.21. The lowest BCUT2D eigenvalue weighted by atomic mass is 10.0. The van der Waals surface area contributed by atoms with E-state index in [1.165, 1.54) is 176 Å². The van der Waals surface area contributed by atoms with Gasteiger partial charge in [-0.15, -0.1) is 0 Å². The van der Waals surface area contributed by atoms with Gasteiger partial charge in [-0.3, -0.25) is 0 Å². The largest absolute Gasteiger partial charge is 0.345 e. The lowest BCUT2D eigenvalue weighted by molar-refractivity contribution is 1.18. The van der Waals surface area contributed by atoms with Crippen molar-refractivity contribution in [1.29, 1.82) is 0 Å². The third kappa shape index (κ3) is 12.0. The molecule has 3 heterocycles. The van der Waals surface area contributed by atoms with E-state index >= 15 is 0 Å². The Bertz CT molecular complexity index is 6970. The van der Waals surface area contributed by atoms with Crippen molar-refractivity contribution in [2.75, 3.05) is 35.8 Å². The van der Waals surface area contributed by atoms with Crippen LogP contribution in [0.3, 0.4) is 0 Å². The number of hydrogen-bond donors (Lipinski definition) is 0. The Balaban J connectivity index is 0.000000111. The second-order valence-electron chi connectivity index (χ2n) is 28.2. The van der Waals surface area contributed by atoms with Gasteiger partial charge in [0.15, 0.2) is 0 Å². The topological polar surface area (TPSA) is 24.5 Å². The number of fused-ring (bicyclic) bond motifs is 13. The zero-order valence-electron chi connectivity index (χ0n) is 60.9. The van der Waals surface area contributed by atoms with Crippen molar-refractivity contribution < 1.29 is 0 Å². The summed E-state index contributed by atoms with van der Waals surface area (Å²) >= 11 is 0. The van der Waals surface area contributed by atoms with Crippen LogP contribution in [0.15, 0.2) is 406 Å². The summed E-state index contributed by atoms with van der Waals surface area (Å²) in [7, 11) is 6.45. The minimum absolute atomic E-state index is 1.16. The molecule has 0 aliphatic rings. The normalized spacial score (nSPS) is 11.4. The van der Waals surface area contributed by atoms with Gasteiger partial charge in [0, 0.05) is 109 Å². The number of hydrogen-bond acceptors (Lipinski definition) is 3. The molecule has 0 radical (unpaired) electrons. The molecule has 0 spiro atoms. The Morgan fingerprint density at radius 1 is 0.174 bits per heavy atom. The zero-order chi connectivity index (χ0) is 72.9. The highest BCUT2D eigenvalue weighted by molar-refractivity contribution is 6.14. The molecule has 0 amide bonds. The second kappa shape index (κ2) is 28.0. The molecule has 0 atom stereocenters. The quantitative estimate of drug-likeness (QED) is 0.129. The molecule has 3 aromatic heterocycles. The van der Waals surface area contributed by atoms with E-state index in [4.69, 9.17) is 0 Å². The fraction of sp³-hybridized carbons (Fsp3) is 0.0291. The summed E-state index contributed by atoms with van der Waals surface area (Å²) in [6.07, 6.45) is 0. The number of anilines is 6. The lowest BCUT2D eigenvalue weighted by Gasteiger charge is -2.22. The summed E-state index contributed by atoms with van der Waals surface area (Å²) in [4.78, 5) is 6.83. The highest BCUT2D eigenvalue weighted by Crippen LogP contribution is 2.43. The molecule has 18 aromatic carbocycles. The number of benzene rings is 18. The van der Waals surface area contributed by atoms with Gasteiger partial charge in [0.2, 0.25) is 0 Å². The summed E-state index contributed by atoms with van der Waals surface area (Å²) < 4.78 is 7.21. The molecule has 6 nitrogen and oxygen atoms in total. The summed E-state index contributed by atoms with van der Waals surface area (Å²) in [6.45, 7) is 0. The Hall–Kier alpha value is -14.2. The van der Waals surface area contributed by atoms with E-state index in [0.29, 0.717) is 0 Å². The molecule has 0 unspecified atom stereocenters. The Morgan fingerprint density at radius 2 is 0.514 bits per heavy atom. The maximum absolute atomic E-state index is 2.41. The standard InChI is InChI=1S/2C35H26N2.C33H24N2/c1-36(28-16-9-15-27(23-28)25-11-3-2-4-12-25)29-21-22-35-32(24-29)31-18-7-8-19-34(31)37(35)33-20-10-14-26-13-5-6-17-30(26)33;1-36(28-20-18-26(19-21-28)25-10-3-2-4-11-25)29-22-23-35-32(24-29)31-15-7-8-16-34(31)37(35)33-17-9-13-27-12-5-6-14-30(27)33;1-34(31-16-8-12-24-10-4-5-13-28(24)31)26-19-20-33-30(22-26)29-14-6-7-15-32(29)35(33)27-18-17-23-9-2-3-11-25(23)21-27/h2*2-24H,1H3;2-22H,1H3. The van der Waals surface area contributed by atoms with Crippen LogP contribution in [0.2, 0.25) is 0 Å². The third-order valence-corrected chi connectivity index (χ3v) is 22.0. The molecule has 0 aliphatic heterocycles. The van der Waals surface area contributed by atoms with Crippen LogP contribution >= 0.6 is 0 Å². The van der Waals surface area contributed by atoms with E-state index in [9.17, 15) is 0 Å². The van der Waals surface area contributed by atoms with E-state index < -0.39 is 0 Å². The van der Waals surface area contributed by atoms with Crippen molar-refractivity contribution in [2.24, 2.45) is 0 Å². The first-order chi connectivity index (χ1) is 53.8. The van der Waals surface area contributed by atoms with Crippen LogP contribution in [-0.4, -0.2) is 34.8 Å². The van der Waals surface area contributed by atoms with Crippen LogP contribution in [0.4, 0.5) is 34.1 Å². The number of rotatable bonds is 11. The Labute approximate surface area is 633 Å². The summed E-state index contributed by atoms with van der Waals surface area (Å²) in [5.41, 5.74) is 22.9. The fourth-order valence-corrected chi connectivity index (χ4v) is 16.4. The van der Waals surface area contributed by atoms with Crippen molar-refractivity contribution in [3.05, 3.63) is 406 Å². The molecular weight excluding hydrogens is 1320 g/mol. The molecular formula is C103H76N6. The smallest absolute Gasteiger partial charge is 0.0542 e.